The van der Waals surface area contributed by atoms with Gasteiger partial charge < -0.3 is 10.2 Å². The van der Waals surface area contributed by atoms with Crippen molar-refractivity contribution in [3.05, 3.63) is 35.9 Å². The Bertz CT molecular complexity index is 500. The number of rotatable bonds is 4. The van der Waals surface area contributed by atoms with E-state index in [9.17, 15) is 9.59 Å². The average molecular weight is 274 g/mol. The van der Waals surface area contributed by atoms with Crippen molar-refractivity contribution in [1.82, 2.24) is 10.2 Å². The van der Waals surface area contributed by atoms with Gasteiger partial charge >= 0.3 is 0 Å². The maximum Gasteiger partial charge on any atom is 0.253 e. The Morgan fingerprint density at radius 1 is 1.25 bits per heavy atom. The molecule has 1 aromatic carbocycles. The largest absolute Gasteiger partial charge is 0.336 e. The van der Waals surface area contributed by atoms with Crippen LogP contribution in [0.1, 0.15) is 39.2 Å². The topological polar surface area (TPSA) is 49.4 Å². The van der Waals surface area contributed by atoms with E-state index in [0.717, 1.165) is 18.4 Å². The van der Waals surface area contributed by atoms with Gasteiger partial charge in [0.15, 0.2) is 0 Å². The van der Waals surface area contributed by atoms with E-state index in [1.807, 2.05) is 30.3 Å². The van der Waals surface area contributed by atoms with Crippen LogP contribution in [0.5, 0.6) is 0 Å². The molecule has 0 radical (unpaired) electrons. The quantitative estimate of drug-likeness (QED) is 0.913. The van der Waals surface area contributed by atoms with Crippen molar-refractivity contribution in [2.75, 3.05) is 6.54 Å². The summed E-state index contributed by atoms with van der Waals surface area (Å²) in [5, 5.41) is 2.88. The van der Waals surface area contributed by atoms with E-state index in [4.69, 9.17) is 0 Å². The van der Waals surface area contributed by atoms with Crippen LogP contribution in [-0.2, 0) is 15.1 Å². The number of hydrogen-bond acceptors (Lipinski definition) is 2. The minimum absolute atomic E-state index is 0.0238. The normalized spacial score (nSPS) is 26.6. The van der Waals surface area contributed by atoms with Gasteiger partial charge in [-0.05, 0) is 25.8 Å². The molecule has 108 valence electrons. The molecule has 0 spiro atoms. The van der Waals surface area contributed by atoms with Gasteiger partial charge in [-0.3, -0.25) is 9.59 Å². The number of piperazine rings is 1. The van der Waals surface area contributed by atoms with Gasteiger partial charge in [-0.25, -0.2) is 0 Å². The predicted molar refractivity (Wildman–Crippen MR) is 78.0 cm³/mol. The van der Waals surface area contributed by atoms with E-state index in [2.05, 4.69) is 12.2 Å². The third kappa shape index (κ3) is 2.42. The highest BCUT2D eigenvalue weighted by molar-refractivity contribution is 6.00. The van der Waals surface area contributed by atoms with E-state index in [1.165, 1.54) is 0 Å². The summed E-state index contributed by atoms with van der Waals surface area (Å²) in [5.74, 6) is -0.115. The first-order valence-corrected chi connectivity index (χ1v) is 7.19. The molecule has 2 unspecified atom stereocenters. The highest BCUT2D eigenvalue weighted by Crippen LogP contribution is 2.28. The van der Waals surface area contributed by atoms with Crippen LogP contribution in [0.3, 0.4) is 0 Å². The Labute approximate surface area is 120 Å². The molecule has 4 heteroatoms. The smallest absolute Gasteiger partial charge is 0.253 e. The van der Waals surface area contributed by atoms with E-state index in [-0.39, 0.29) is 11.8 Å². The Balaban J connectivity index is 2.35. The van der Waals surface area contributed by atoms with Crippen LogP contribution < -0.4 is 5.32 Å². The van der Waals surface area contributed by atoms with Crippen molar-refractivity contribution in [3.8, 4) is 0 Å². The molecule has 1 fully saturated rings. The first-order chi connectivity index (χ1) is 9.50. The molecule has 1 aliphatic heterocycles. The summed E-state index contributed by atoms with van der Waals surface area (Å²) >= 11 is 0. The van der Waals surface area contributed by atoms with Crippen molar-refractivity contribution >= 4 is 11.8 Å². The molecule has 1 aliphatic rings. The molecule has 1 saturated heterocycles. The number of hydrogen-bond donors (Lipinski definition) is 1. The average Bonchev–Trinajstić information content (AvgIpc) is 2.46. The van der Waals surface area contributed by atoms with E-state index in [1.54, 1.807) is 18.7 Å². The second-order valence-electron chi connectivity index (χ2n) is 5.51. The Morgan fingerprint density at radius 3 is 2.50 bits per heavy atom. The summed E-state index contributed by atoms with van der Waals surface area (Å²) in [7, 11) is 0. The molecule has 2 atom stereocenters. The summed E-state index contributed by atoms with van der Waals surface area (Å²) < 4.78 is 0. The van der Waals surface area contributed by atoms with Crippen LogP contribution in [0.15, 0.2) is 30.3 Å². The standard InChI is InChI=1S/C16H22N2O2/c1-4-5-11-18-12(2)14(19)17-16(3,15(18)20)13-9-7-6-8-10-13/h6-10,12H,4-5,11H2,1-3H3,(H,17,19). The molecule has 1 aromatic rings. The third-order valence-electron chi connectivity index (χ3n) is 4.01. The molecule has 2 rings (SSSR count). The number of amides is 2. The number of benzene rings is 1. The lowest BCUT2D eigenvalue weighted by Gasteiger charge is -2.43. The predicted octanol–water partition coefficient (Wildman–Crippen LogP) is 2.05. The van der Waals surface area contributed by atoms with Gasteiger partial charge in [0.2, 0.25) is 5.91 Å². The first kappa shape index (κ1) is 14.6. The van der Waals surface area contributed by atoms with Crippen molar-refractivity contribution in [2.24, 2.45) is 0 Å². The van der Waals surface area contributed by atoms with E-state index in [0.29, 0.717) is 6.54 Å². The lowest BCUT2D eigenvalue weighted by atomic mass is 9.87. The summed E-state index contributed by atoms with van der Waals surface area (Å²) in [6, 6.07) is 9.03. The van der Waals surface area contributed by atoms with Crippen LogP contribution in [0.2, 0.25) is 0 Å². The molecule has 0 aromatic heterocycles. The minimum Gasteiger partial charge on any atom is -0.336 e. The van der Waals surface area contributed by atoms with Crippen LogP contribution in [0.25, 0.3) is 0 Å². The van der Waals surface area contributed by atoms with Crippen molar-refractivity contribution in [3.63, 3.8) is 0 Å². The van der Waals surface area contributed by atoms with Crippen molar-refractivity contribution < 1.29 is 9.59 Å². The van der Waals surface area contributed by atoms with Gasteiger partial charge in [-0.1, -0.05) is 43.7 Å². The summed E-state index contributed by atoms with van der Waals surface area (Å²) in [5.41, 5.74) is -0.134. The van der Waals surface area contributed by atoms with E-state index >= 15 is 0 Å². The molecule has 20 heavy (non-hydrogen) atoms. The third-order valence-corrected chi connectivity index (χ3v) is 4.01. The highest BCUT2D eigenvalue weighted by atomic mass is 16.2. The summed E-state index contributed by atoms with van der Waals surface area (Å²) in [6.45, 7) is 6.28. The van der Waals surface area contributed by atoms with E-state index < -0.39 is 11.6 Å². The SMILES string of the molecule is CCCCN1C(=O)C(C)(c2ccccc2)NC(=O)C1C. The number of nitrogens with zero attached hydrogens (tertiary/aromatic N) is 1. The van der Waals surface area contributed by atoms with Gasteiger partial charge in [0.1, 0.15) is 11.6 Å². The Hall–Kier alpha value is -1.84. The summed E-state index contributed by atoms with van der Waals surface area (Å²) in [6.07, 6.45) is 1.91. The molecular weight excluding hydrogens is 252 g/mol. The molecular formula is C16H22N2O2. The minimum atomic E-state index is -0.960. The maximum atomic E-state index is 12.8. The number of unbranched alkanes of at least 4 members (excludes halogenated alkanes) is 1. The van der Waals surface area contributed by atoms with Crippen LogP contribution >= 0.6 is 0 Å². The highest BCUT2D eigenvalue weighted by Gasteiger charge is 2.47. The van der Waals surface area contributed by atoms with Gasteiger partial charge in [0.05, 0.1) is 0 Å². The molecule has 0 saturated carbocycles. The number of carbonyl (C=O) groups excluding carboxylic acids is 2. The molecule has 0 bridgehead atoms. The fourth-order valence-electron chi connectivity index (χ4n) is 2.60. The number of carbonyl (C=O) groups is 2. The van der Waals surface area contributed by atoms with Crippen LogP contribution in [0, 0.1) is 0 Å². The fourth-order valence-corrected chi connectivity index (χ4v) is 2.60. The maximum absolute atomic E-state index is 12.8. The monoisotopic (exact) mass is 274 g/mol. The fraction of sp³-hybridized carbons (Fsp3) is 0.500. The van der Waals surface area contributed by atoms with Crippen LogP contribution in [0.4, 0.5) is 0 Å². The number of nitrogens with one attached hydrogen (secondary N) is 1. The molecule has 1 heterocycles. The Kier molecular flexibility index (Phi) is 4.12. The molecule has 0 aliphatic carbocycles. The van der Waals surface area contributed by atoms with Crippen LogP contribution in [-0.4, -0.2) is 29.3 Å². The van der Waals surface area contributed by atoms with Gasteiger partial charge in [0.25, 0.3) is 5.91 Å². The molecule has 1 N–H and O–H groups in total. The van der Waals surface area contributed by atoms with Crippen molar-refractivity contribution in [1.29, 1.82) is 0 Å². The second kappa shape index (κ2) is 5.65. The van der Waals surface area contributed by atoms with Gasteiger partial charge in [-0.15, -0.1) is 0 Å². The van der Waals surface area contributed by atoms with Crippen molar-refractivity contribution in [2.45, 2.75) is 45.2 Å². The Morgan fingerprint density at radius 2 is 1.90 bits per heavy atom. The lowest BCUT2D eigenvalue weighted by Crippen LogP contribution is -2.66. The first-order valence-electron chi connectivity index (χ1n) is 7.19. The second-order valence-corrected chi connectivity index (χ2v) is 5.51. The zero-order chi connectivity index (χ0) is 14.8. The van der Waals surface area contributed by atoms with Gasteiger partial charge in [0, 0.05) is 6.54 Å². The molecule has 4 nitrogen and oxygen atoms in total. The zero-order valence-corrected chi connectivity index (χ0v) is 12.3. The van der Waals surface area contributed by atoms with Gasteiger partial charge in [-0.2, -0.15) is 0 Å². The summed E-state index contributed by atoms with van der Waals surface area (Å²) in [4.78, 5) is 26.7. The lowest BCUT2D eigenvalue weighted by molar-refractivity contribution is -0.154. The zero-order valence-electron chi connectivity index (χ0n) is 12.3. The molecule has 2 amide bonds.